The fraction of sp³-hybridized carbons (Fsp3) is 0.556. The van der Waals surface area contributed by atoms with Crippen LogP contribution in [0, 0.1) is 23.5 Å². The van der Waals surface area contributed by atoms with E-state index in [-0.39, 0.29) is 0 Å². The van der Waals surface area contributed by atoms with E-state index in [0.717, 1.165) is 32.1 Å². The van der Waals surface area contributed by atoms with E-state index in [1.54, 1.807) is 6.07 Å². The van der Waals surface area contributed by atoms with Crippen LogP contribution in [0.1, 0.15) is 19.3 Å². The van der Waals surface area contributed by atoms with Crippen molar-refractivity contribution in [2.45, 2.75) is 31.8 Å². The number of aryl methyl sites for hydroxylation is 1. The summed E-state index contributed by atoms with van der Waals surface area (Å²) in [5.41, 5.74) is 0.603. The minimum Gasteiger partial charge on any atom is -0.349 e. The first-order chi connectivity index (χ1) is 12.7. The van der Waals surface area contributed by atoms with Gasteiger partial charge in [0.2, 0.25) is 11.9 Å². The molecular formula is C18H22F2N6. The molecule has 1 saturated heterocycles. The van der Waals surface area contributed by atoms with Crippen LogP contribution in [0.25, 0.3) is 0 Å². The Kier molecular flexibility index (Phi) is 3.81. The zero-order valence-electron chi connectivity index (χ0n) is 14.5. The van der Waals surface area contributed by atoms with Gasteiger partial charge in [0, 0.05) is 30.9 Å². The molecule has 2 fully saturated rings. The number of benzene rings is 1. The number of nitrogens with one attached hydrogen (secondary N) is 2. The first-order valence-electron chi connectivity index (χ1n) is 9.34. The van der Waals surface area contributed by atoms with E-state index in [4.69, 9.17) is 0 Å². The molecule has 2 bridgehead atoms. The Labute approximate surface area is 150 Å². The van der Waals surface area contributed by atoms with Gasteiger partial charge in [-0.3, -0.25) is 0 Å². The average Bonchev–Trinajstić information content (AvgIpc) is 3.13. The van der Waals surface area contributed by atoms with Crippen LogP contribution >= 0.6 is 0 Å². The van der Waals surface area contributed by atoms with E-state index in [1.807, 2.05) is 9.58 Å². The third-order valence-corrected chi connectivity index (χ3v) is 5.89. The van der Waals surface area contributed by atoms with Crippen molar-refractivity contribution in [2.75, 3.05) is 29.9 Å². The van der Waals surface area contributed by atoms with E-state index in [9.17, 15) is 8.78 Å². The largest absolute Gasteiger partial charge is 0.349 e. The molecule has 1 aromatic carbocycles. The summed E-state index contributed by atoms with van der Waals surface area (Å²) in [5, 5.41) is 11.7. The molecule has 3 heterocycles. The van der Waals surface area contributed by atoms with Crippen molar-refractivity contribution in [2.24, 2.45) is 11.8 Å². The summed E-state index contributed by atoms with van der Waals surface area (Å²) in [7, 11) is 0. The van der Waals surface area contributed by atoms with Gasteiger partial charge in [-0.1, -0.05) is 0 Å². The highest BCUT2D eigenvalue weighted by Gasteiger charge is 2.39. The Bertz CT molecular complexity index is 806. The summed E-state index contributed by atoms with van der Waals surface area (Å²) in [6.07, 6.45) is 3.36. The Hall–Kier alpha value is -2.22. The van der Waals surface area contributed by atoms with E-state index < -0.39 is 11.6 Å². The molecule has 0 unspecified atom stereocenters. The Morgan fingerprint density at radius 2 is 1.88 bits per heavy atom. The Balaban J connectivity index is 1.42. The third-order valence-electron chi connectivity index (χ3n) is 5.89. The summed E-state index contributed by atoms with van der Waals surface area (Å²) < 4.78 is 28.8. The normalized spacial score (nSPS) is 27.5. The maximum Gasteiger partial charge on any atom is 0.244 e. The molecule has 0 amide bonds. The van der Waals surface area contributed by atoms with Gasteiger partial charge in [-0.2, -0.15) is 4.98 Å². The molecule has 3 atom stereocenters. The van der Waals surface area contributed by atoms with Gasteiger partial charge in [-0.15, -0.1) is 5.10 Å². The van der Waals surface area contributed by atoms with Crippen molar-refractivity contribution in [1.82, 2.24) is 20.1 Å². The summed E-state index contributed by atoms with van der Waals surface area (Å²) >= 11 is 0. The maximum absolute atomic E-state index is 13.7. The van der Waals surface area contributed by atoms with Gasteiger partial charge >= 0.3 is 0 Å². The highest BCUT2D eigenvalue weighted by atomic mass is 19.2. The molecule has 2 aliphatic heterocycles. The van der Waals surface area contributed by atoms with Gasteiger partial charge in [0.1, 0.15) is 0 Å². The molecule has 1 aromatic heterocycles. The molecule has 2 aromatic rings. The second-order valence-electron chi connectivity index (χ2n) is 7.49. The molecule has 1 saturated carbocycles. The van der Waals surface area contributed by atoms with Gasteiger partial charge in [0.15, 0.2) is 11.6 Å². The number of aromatic nitrogens is 3. The number of halogens is 2. The quantitative estimate of drug-likeness (QED) is 0.881. The van der Waals surface area contributed by atoms with Crippen LogP contribution in [-0.4, -0.2) is 40.4 Å². The van der Waals surface area contributed by atoms with Gasteiger partial charge in [0.25, 0.3) is 0 Å². The number of anilines is 3. The molecule has 3 aliphatic rings. The molecule has 2 N–H and O–H groups in total. The second-order valence-corrected chi connectivity index (χ2v) is 7.49. The van der Waals surface area contributed by atoms with Crippen LogP contribution < -0.4 is 15.5 Å². The van der Waals surface area contributed by atoms with Crippen LogP contribution in [0.2, 0.25) is 0 Å². The molecule has 26 heavy (non-hydrogen) atoms. The van der Waals surface area contributed by atoms with Crippen LogP contribution in [0.4, 0.5) is 26.4 Å². The zero-order chi connectivity index (χ0) is 17.7. The Morgan fingerprint density at radius 3 is 2.65 bits per heavy atom. The predicted octanol–water partition coefficient (Wildman–Crippen LogP) is 2.51. The van der Waals surface area contributed by atoms with Crippen molar-refractivity contribution >= 4 is 17.6 Å². The maximum atomic E-state index is 13.7. The highest BCUT2D eigenvalue weighted by molar-refractivity contribution is 5.59. The molecular weight excluding hydrogens is 338 g/mol. The highest BCUT2D eigenvalue weighted by Crippen LogP contribution is 2.36. The Morgan fingerprint density at radius 1 is 1.08 bits per heavy atom. The number of fused-ring (bicyclic) bond motifs is 3. The summed E-state index contributed by atoms with van der Waals surface area (Å²) in [6.45, 7) is 3.58. The second kappa shape index (κ2) is 6.19. The first-order valence-corrected chi connectivity index (χ1v) is 9.34. The number of nitrogens with zero attached hydrogens (tertiary/aromatic N) is 4. The lowest BCUT2D eigenvalue weighted by Gasteiger charge is -2.31. The predicted molar refractivity (Wildman–Crippen MR) is 94.5 cm³/mol. The molecule has 138 valence electrons. The van der Waals surface area contributed by atoms with Gasteiger partial charge < -0.3 is 15.5 Å². The first kappa shape index (κ1) is 16.0. The van der Waals surface area contributed by atoms with Crippen LogP contribution in [-0.2, 0) is 6.54 Å². The number of hydrogen-bond acceptors (Lipinski definition) is 5. The minimum atomic E-state index is -0.844. The molecule has 8 heteroatoms. The van der Waals surface area contributed by atoms with Crippen molar-refractivity contribution in [1.29, 1.82) is 0 Å². The fourth-order valence-electron chi connectivity index (χ4n) is 4.59. The lowest BCUT2D eigenvalue weighted by Crippen LogP contribution is -2.45. The molecule has 0 radical (unpaired) electrons. The standard InChI is InChI=1S/C18H22F2N6/c19-14-5-4-13(8-15(14)20)25-6-1-7-26-18(25)23-17(24-26)22-16-11-2-3-12(16)10-21-9-11/h4-5,8,11-12,16,21H,1-3,6-7,9-10H2,(H,22,24)/t11-,12+,16-. The van der Waals surface area contributed by atoms with E-state index in [0.29, 0.717) is 42.0 Å². The fourth-order valence-corrected chi connectivity index (χ4v) is 4.59. The summed E-state index contributed by atoms with van der Waals surface area (Å²) in [5.74, 6) is 0.886. The van der Waals surface area contributed by atoms with Crippen molar-refractivity contribution in [3.63, 3.8) is 0 Å². The van der Waals surface area contributed by atoms with E-state index in [1.165, 1.54) is 18.9 Å². The lowest BCUT2D eigenvalue weighted by molar-refractivity contribution is 0.341. The van der Waals surface area contributed by atoms with Crippen molar-refractivity contribution in [3.05, 3.63) is 29.8 Å². The molecule has 5 rings (SSSR count). The summed E-state index contributed by atoms with van der Waals surface area (Å²) in [6, 6.07) is 4.38. The lowest BCUT2D eigenvalue weighted by atomic mass is 9.94. The zero-order valence-corrected chi connectivity index (χ0v) is 14.5. The van der Waals surface area contributed by atoms with Crippen LogP contribution in [0.5, 0.6) is 0 Å². The summed E-state index contributed by atoms with van der Waals surface area (Å²) in [4.78, 5) is 6.59. The number of hydrogen-bond donors (Lipinski definition) is 2. The topological polar surface area (TPSA) is 58.0 Å². The number of piperidine rings is 1. The van der Waals surface area contributed by atoms with Gasteiger partial charge in [0.05, 0.1) is 0 Å². The van der Waals surface area contributed by atoms with Crippen LogP contribution in [0.3, 0.4) is 0 Å². The third kappa shape index (κ3) is 2.63. The number of rotatable bonds is 3. The smallest absolute Gasteiger partial charge is 0.244 e. The van der Waals surface area contributed by atoms with Gasteiger partial charge in [-0.25, -0.2) is 13.5 Å². The van der Waals surface area contributed by atoms with Crippen LogP contribution in [0.15, 0.2) is 18.2 Å². The van der Waals surface area contributed by atoms with Crippen molar-refractivity contribution < 1.29 is 8.78 Å². The average molecular weight is 360 g/mol. The van der Waals surface area contributed by atoms with Crippen molar-refractivity contribution in [3.8, 4) is 0 Å². The minimum absolute atomic E-state index is 0.414. The SMILES string of the molecule is Fc1ccc(N2CCCn3nc(N[C@@H]4[C@@H]5CC[C@H]4CNC5)nc32)cc1F. The molecule has 0 spiro atoms. The van der Waals surface area contributed by atoms with E-state index in [2.05, 4.69) is 20.7 Å². The monoisotopic (exact) mass is 360 g/mol. The molecule has 6 nitrogen and oxygen atoms in total. The van der Waals surface area contributed by atoms with Gasteiger partial charge in [-0.05, 0) is 56.3 Å². The van der Waals surface area contributed by atoms with E-state index >= 15 is 0 Å². The molecule has 1 aliphatic carbocycles.